The molecule has 0 aliphatic rings. The smallest absolute Gasteiger partial charge is 0.243 e. The molecule has 19 heavy (non-hydrogen) atoms. The summed E-state index contributed by atoms with van der Waals surface area (Å²) in [5, 5.41) is 30.4. The Labute approximate surface area is 110 Å². The molecular weight excluding hydrogens is 254 g/mol. The molecule has 1 aromatic rings. The van der Waals surface area contributed by atoms with Crippen molar-refractivity contribution in [1.82, 2.24) is 15.0 Å². The minimum atomic E-state index is -1.32. The topological polar surface area (TPSA) is 153 Å². The molecule has 0 radical (unpaired) electrons. The summed E-state index contributed by atoms with van der Waals surface area (Å²) in [5.74, 6) is 5.77. The summed E-state index contributed by atoms with van der Waals surface area (Å²) >= 11 is 0. The van der Waals surface area contributed by atoms with Gasteiger partial charge in [-0.1, -0.05) is 0 Å². The minimum Gasteiger partial charge on any atom is -0.394 e. The molecule has 0 spiro atoms. The molecule has 0 fully saturated rings. The third-order valence-electron chi connectivity index (χ3n) is 2.44. The molecule has 10 heteroatoms. The van der Waals surface area contributed by atoms with Crippen LogP contribution in [0.15, 0.2) is 0 Å². The molecule has 108 valence electrons. The fourth-order valence-corrected chi connectivity index (χ4v) is 1.19. The standard InChI is InChI=1S/C9H19N7O3/c1-16(2)8-12-6(11-7(13-8)15-10)14-9(3-17,4-18)5-19/h17-19H,3-5,10H2,1-2H3,(H2,11,12,13,14,15). The van der Waals surface area contributed by atoms with E-state index in [2.05, 4.69) is 25.7 Å². The van der Waals surface area contributed by atoms with E-state index in [0.29, 0.717) is 5.95 Å². The van der Waals surface area contributed by atoms with Crippen molar-refractivity contribution in [2.45, 2.75) is 5.54 Å². The van der Waals surface area contributed by atoms with Crippen LogP contribution in [-0.4, -0.2) is 69.7 Å². The van der Waals surface area contributed by atoms with E-state index in [-0.39, 0.29) is 11.9 Å². The van der Waals surface area contributed by atoms with Crippen molar-refractivity contribution in [3.63, 3.8) is 0 Å². The summed E-state index contributed by atoms with van der Waals surface area (Å²) in [7, 11) is 3.47. The first-order chi connectivity index (χ1) is 9.00. The van der Waals surface area contributed by atoms with Crippen molar-refractivity contribution in [3.05, 3.63) is 0 Å². The highest BCUT2D eigenvalue weighted by atomic mass is 16.3. The van der Waals surface area contributed by atoms with Crippen molar-refractivity contribution in [3.8, 4) is 0 Å². The number of aliphatic hydroxyl groups is 3. The van der Waals surface area contributed by atoms with Gasteiger partial charge in [0, 0.05) is 14.1 Å². The summed E-state index contributed by atoms with van der Waals surface area (Å²) < 4.78 is 0. The molecule has 0 bridgehead atoms. The maximum absolute atomic E-state index is 9.24. The molecule has 1 aromatic heterocycles. The lowest BCUT2D eigenvalue weighted by Gasteiger charge is -2.28. The van der Waals surface area contributed by atoms with Crippen LogP contribution in [-0.2, 0) is 0 Å². The summed E-state index contributed by atoms with van der Waals surface area (Å²) in [5.41, 5.74) is 0.963. The van der Waals surface area contributed by atoms with Crippen LogP contribution < -0.4 is 21.5 Å². The summed E-state index contributed by atoms with van der Waals surface area (Å²) in [4.78, 5) is 13.6. The number of aliphatic hydroxyl groups excluding tert-OH is 3. The number of hydrazine groups is 1. The van der Waals surface area contributed by atoms with Crippen LogP contribution in [0.1, 0.15) is 0 Å². The number of nitrogen functional groups attached to an aromatic ring is 1. The van der Waals surface area contributed by atoms with E-state index in [1.54, 1.807) is 19.0 Å². The van der Waals surface area contributed by atoms with E-state index in [9.17, 15) is 15.3 Å². The number of anilines is 3. The van der Waals surface area contributed by atoms with E-state index in [0.717, 1.165) is 0 Å². The minimum absolute atomic E-state index is 0.0730. The second-order valence-corrected chi connectivity index (χ2v) is 4.20. The van der Waals surface area contributed by atoms with Crippen molar-refractivity contribution in [2.24, 2.45) is 5.84 Å². The predicted octanol–water partition coefficient (Wildman–Crippen LogP) is -2.65. The van der Waals surface area contributed by atoms with Gasteiger partial charge in [0.25, 0.3) is 0 Å². The Hall–Kier alpha value is -1.75. The zero-order valence-electron chi connectivity index (χ0n) is 10.8. The lowest BCUT2D eigenvalue weighted by molar-refractivity contribution is 0.0828. The molecule has 0 aromatic carbocycles. The maximum atomic E-state index is 9.24. The third kappa shape index (κ3) is 3.61. The van der Waals surface area contributed by atoms with Gasteiger partial charge < -0.3 is 25.5 Å². The van der Waals surface area contributed by atoms with Crippen LogP contribution in [0.5, 0.6) is 0 Å². The zero-order valence-corrected chi connectivity index (χ0v) is 10.8. The number of nitrogens with one attached hydrogen (secondary N) is 2. The van der Waals surface area contributed by atoms with Crippen LogP contribution in [0.2, 0.25) is 0 Å². The molecule has 0 atom stereocenters. The highest BCUT2D eigenvalue weighted by Crippen LogP contribution is 2.15. The van der Waals surface area contributed by atoms with Gasteiger partial charge >= 0.3 is 0 Å². The average molecular weight is 273 g/mol. The Morgan fingerprint density at radius 2 is 1.58 bits per heavy atom. The Kier molecular flexibility index (Phi) is 5.18. The number of hydrogen-bond acceptors (Lipinski definition) is 10. The van der Waals surface area contributed by atoms with Gasteiger partial charge in [-0.3, -0.25) is 5.43 Å². The largest absolute Gasteiger partial charge is 0.394 e. The van der Waals surface area contributed by atoms with Crippen LogP contribution in [0.4, 0.5) is 17.8 Å². The molecule has 0 aliphatic carbocycles. The predicted molar refractivity (Wildman–Crippen MR) is 69.6 cm³/mol. The number of nitrogens with two attached hydrogens (primary N) is 1. The van der Waals surface area contributed by atoms with Crippen molar-refractivity contribution in [2.75, 3.05) is 49.6 Å². The highest BCUT2D eigenvalue weighted by Gasteiger charge is 2.29. The first-order valence-electron chi connectivity index (χ1n) is 5.51. The van der Waals surface area contributed by atoms with Gasteiger partial charge in [-0.15, -0.1) is 0 Å². The first-order valence-corrected chi connectivity index (χ1v) is 5.51. The normalized spacial score (nSPS) is 11.3. The Morgan fingerprint density at radius 3 is 2.00 bits per heavy atom. The Morgan fingerprint density at radius 1 is 1.05 bits per heavy atom. The van der Waals surface area contributed by atoms with Crippen LogP contribution in [0.25, 0.3) is 0 Å². The molecule has 0 aliphatic heterocycles. The third-order valence-corrected chi connectivity index (χ3v) is 2.44. The second kappa shape index (κ2) is 6.43. The summed E-state index contributed by atoms with van der Waals surface area (Å²) in [6, 6.07) is 0. The van der Waals surface area contributed by atoms with Crippen molar-refractivity contribution < 1.29 is 15.3 Å². The molecule has 1 rings (SSSR count). The Bertz CT molecular complexity index is 403. The van der Waals surface area contributed by atoms with Crippen molar-refractivity contribution in [1.29, 1.82) is 0 Å². The van der Waals surface area contributed by atoms with Gasteiger partial charge in [0.05, 0.1) is 19.8 Å². The van der Waals surface area contributed by atoms with Gasteiger partial charge in [-0.05, 0) is 0 Å². The second-order valence-electron chi connectivity index (χ2n) is 4.20. The van der Waals surface area contributed by atoms with E-state index >= 15 is 0 Å². The van der Waals surface area contributed by atoms with Crippen molar-refractivity contribution >= 4 is 17.8 Å². The number of nitrogens with zero attached hydrogens (tertiary/aromatic N) is 4. The number of aromatic nitrogens is 3. The highest BCUT2D eigenvalue weighted by molar-refractivity contribution is 5.43. The number of rotatable bonds is 7. The lowest BCUT2D eigenvalue weighted by Crippen LogP contribution is -2.49. The van der Waals surface area contributed by atoms with E-state index in [1.165, 1.54) is 0 Å². The van der Waals surface area contributed by atoms with Gasteiger partial charge in [0.15, 0.2) is 0 Å². The summed E-state index contributed by atoms with van der Waals surface area (Å²) in [6.45, 7) is -1.48. The molecule has 7 N–H and O–H groups in total. The fourth-order valence-electron chi connectivity index (χ4n) is 1.19. The molecule has 0 saturated carbocycles. The number of hydrogen-bond donors (Lipinski definition) is 6. The average Bonchev–Trinajstić information content (AvgIpc) is 2.44. The first kappa shape index (κ1) is 15.3. The Balaban J connectivity index is 3.08. The molecule has 1 heterocycles. The van der Waals surface area contributed by atoms with Crippen LogP contribution >= 0.6 is 0 Å². The van der Waals surface area contributed by atoms with Gasteiger partial charge in [0.2, 0.25) is 17.8 Å². The zero-order chi connectivity index (χ0) is 14.5. The quantitative estimate of drug-likeness (QED) is 0.229. The maximum Gasteiger partial charge on any atom is 0.243 e. The van der Waals surface area contributed by atoms with Crippen LogP contribution in [0.3, 0.4) is 0 Å². The molecule has 0 saturated heterocycles. The van der Waals surface area contributed by atoms with E-state index < -0.39 is 25.4 Å². The molecule has 0 unspecified atom stereocenters. The van der Waals surface area contributed by atoms with Crippen LogP contribution in [0, 0.1) is 0 Å². The fraction of sp³-hybridized carbons (Fsp3) is 0.667. The SMILES string of the molecule is CN(C)c1nc(NN)nc(NC(CO)(CO)CO)n1. The molecular formula is C9H19N7O3. The molecule has 10 nitrogen and oxygen atoms in total. The lowest BCUT2D eigenvalue weighted by atomic mass is 10.0. The monoisotopic (exact) mass is 273 g/mol. The van der Waals surface area contributed by atoms with Gasteiger partial charge in [-0.2, -0.15) is 15.0 Å². The van der Waals surface area contributed by atoms with E-state index in [1.807, 2.05) is 0 Å². The van der Waals surface area contributed by atoms with E-state index in [4.69, 9.17) is 5.84 Å². The summed E-state index contributed by atoms with van der Waals surface area (Å²) in [6.07, 6.45) is 0. The van der Waals surface area contributed by atoms with Gasteiger partial charge in [-0.25, -0.2) is 5.84 Å². The van der Waals surface area contributed by atoms with Gasteiger partial charge in [0.1, 0.15) is 5.54 Å². The molecule has 0 amide bonds.